The Hall–Kier alpha value is -1.83. The number of hydrogen-bond donors (Lipinski definition) is 0. The molecule has 0 amide bonds. The molecule has 1 fully saturated rings. The van der Waals surface area contributed by atoms with Gasteiger partial charge >= 0.3 is 0 Å². The largest absolute Gasteiger partial charge is 0.497 e. The second-order valence-corrected chi connectivity index (χ2v) is 7.88. The zero-order valence-corrected chi connectivity index (χ0v) is 15.8. The fraction of sp³-hybridized carbons (Fsp3) is 0.478. The lowest BCUT2D eigenvalue weighted by Crippen LogP contribution is -2.06. The minimum atomic E-state index is -0.177. The van der Waals surface area contributed by atoms with Crippen LogP contribution in [0.25, 0.3) is 11.1 Å². The summed E-state index contributed by atoms with van der Waals surface area (Å²) in [5, 5.41) is 0. The predicted molar refractivity (Wildman–Crippen MR) is 103 cm³/mol. The molecule has 2 heteroatoms. The highest BCUT2D eigenvalue weighted by Crippen LogP contribution is 2.44. The summed E-state index contributed by atoms with van der Waals surface area (Å²) in [5.41, 5.74) is 4.36. The van der Waals surface area contributed by atoms with Gasteiger partial charge in [0.05, 0.1) is 7.11 Å². The summed E-state index contributed by atoms with van der Waals surface area (Å²) >= 11 is 0. The van der Waals surface area contributed by atoms with Crippen LogP contribution in [0.5, 0.6) is 5.75 Å². The average molecular weight is 340 g/mol. The van der Waals surface area contributed by atoms with Crippen molar-refractivity contribution in [2.24, 2.45) is 11.8 Å². The van der Waals surface area contributed by atoms with Gasteiger partial charge in [-0.2, -0.15) is 0 Å². The monoisotopic (exact) mass is 340 g/mol. The highest BCUT2D eigenvalue weighted by Gasteiger charge is 2.28. The molecule has 0 saturated heterocycles. The first-order chi connectivity index (χ1) is 12.0. The van der Waals surface area contributed by atoms with Gasteiger partial charge in [0.2, 0.25) is 0 Å². The lowest BCUT2D eigenvalue weighted by Gasteiger charge is -2.22. The summed E-state index contributed by atoms with van der Waals surface area (Å²) in [6, 6.07) is 11.6. The first-order valence-corrected chi connectivity index (χ1v) is 9.46. The van der Waals surface area contributed by atoms with Crippen molar-refractivity contribution in [1.29, 1.82) is 0 Å². The normalized spacial score (nSPS) is 20.2. The second kappa shape index (κ2) is 7.59. The first-order valence-electron chi connectivity index (χ1n) is 9.46. The van der Waals surface area contributed by atoms with Gasteiger partial charge in [0.1, 0.15) is 11.6 Å². The van der Waals surface area contributed by atoms with Gasteiger partial charge in [-0.15, -0.1) is 0 Å². The zero-order valence-electron chi connectivity index (χ0n) is 15.8. The molecule has 134 valence electrons. The molecule has 25 heavy (non-hydrogen) atoms. The Morgan fingerprint density at radius 1 is 1.08 bits per heavy atom. The molecule has 0 spiro atoms. The van der Waals surface area contributed by atoms with Crippen LogP contribution in [0.3, 0.4) is 0 Å². The molecule has 0 unspecified atom stereocenters. The van der Waals surface area contributed by atoms with Crippen LogP contribution >= 0.6 is 0 Å². The van der Waals surface area contributed by atoms with Crippen molar-refractivity contribution in [3.05, 3.63) is 53.3 Å². The van der Waals surface area contributed by atoms with Crippen molar-refractivity contribution in [3.8, 4) is 16.9 Å². The Balaban J connectivity index is 2.12. The Morgan fingerprint density at radius 3 is 2.52 bits per heavy atom. The smallest absolute Gasteiger partial charge is 0.131 e. The van der Waals surface area contributed by atoms with E-state index >= 15 is 0 Å². The van der Waals surface area contributed by atoms with Crippen LogP contribution in [0.1, 0.15) is 57.1 Å². The minimum Gasteiger partial charge on any atom is -0.497 e. The van der Waals surface area contributed by atoms with Crippen molar-refractivity contribution >= 4 is 0 Å². The summed E-state index contributed by atoms with van der Waals surface area (Å²) in [4.78, 5) is 0. The standard InChI is InChI=1S/C23H29FO/c1-15(2)12-17-8-10-20(21(13-17)19-7-5-6-16(19)3)22-14-18(25-4)9-11-23(22)24/h8-11,13-16,19H,5-7,12H2,1-4H3/t16-,19-/m0/s1. The Bertz CT molecular complexity index is 735. The van der Waals surface area contributed by atoms with Gasteiger partial charge in [-0.1, -0.05) is 51.8 Å². The number of hydrogen-bond acceptors (Lipinski definition) is 1. The molecule has 2 aromatic rings. The highest BCUT2D eigenvalue weighted by molar-refractivity contribution is 5.71. The first kappa shape index (κ1) is 18.0. The molecule has 2 aromatic carbocycles. The molecule has 1 aliphatic rings. The van der Waals surface area contributed by atoms with Gasteiger partial charge in [0.15, 0.2) is 0 Å². The molecule has 1 aliphatic carbocycles. The Morgan fingerprint density at radius 2 is 1.88 bits per heavy atom. The average Bonchev–Trinajstić information content (AvgIpc) is 3.01. The fourth-order valence-electron chi connectivity index (χ4n) is 4.21. The summed E-state index contributed by atoms with van der Waals surface area (Å²) in [7, 11) is 1.63. The number of halogens is 1. The lowest BCUT2D eigenvalue weighted by molar-refractivity contribution is 0.414. The lowest BCUT2D eigenvalue weighted by atomic mass is 9.83. The van der Waals surface area contributed by atoms with E-state index in [2.05, 4.69) is 39.0 Å². The molecule has 1 nitrogen and oxygen atoms in total. The van der Waals surface area contributed by atoms with Crippen molar-refractivity contribution in [3.63, 3.8) is 0 Å². The van der Waals surface area contributed by atoms with Gasteiger partial charge in [-0.3, -0.25) is 0 Å². The van der Waals surface area contributed by atoms with Gasteiger partial charge in [0, 0.05) is 5.56 Å². The topological polar surface area (TPSA) is 9.23 Å². The number of ether oxygens (including phenoxy) is 1. The molecule has 0 radical (unpaired) electrons. The van der Waals surface area contributed by atoms with Gasteiger partial charge in [-0.05, 0) is 65.5 Å². The van der Waals surface area contributed by atoms with Crippen LogP contribution < -0.4 is 4.74 Å². The third kappa shape index (κ3) is 3.89. The molecule has 0 aliphatic heterocycles. The van der Waals surface area contributed by atoms with E-state index in [1.165, 1.54) is 36.5 Å². The molecule has 1 saturated carbocycles. The number of methoxy groups -OCH3 is 1. The van der Waals surface area contributed by atoms with Crippen LogP contribution in [-0.2, 0) is 6.42 Å². The molecular weight excluding hydrogens is 311 g/mol. The van der Waals surface area contributed by atoms with Crippen LogP contribution in [0.4, 0.5) is 4.39 Å². The summed E-state index contributed by atoms with van der Waals surface area (Å²) in [6.07, 6.45) is 4.79. The third-order valence-electron chi connectivity index (χ3n) is 5.48. The minimum absolute atomic E-state index is 0.177. The van der Waals surface area contributed by atoms with E-state index in [0.717, 1.165) is 12.0 Å². The van der Waals surface area contributed by atoms with Crippen molar-refractivity contribution in [2.45, 2.75) is 52.4 Å². The van der Waals surface area contributed by atoms with E-state index in [4.69, 9.17) is 4.74 Å². The quantitative estimate of drug-likeness (QED) is 0.595. The van der Waals surface area contributed by atoms with Crippen LogP contribution in [0, 0.1) is 17.7 Å². The van der Waals surface area contributed by atoms with Crippen LogP contribution in [-0.4, -0.2) is 7.11 Å². The molecule has 2 atom stereocenters. The molecule has 0 aromatic heterocycles. The van der Waals surface area contributed by atoms with E-state index in [1.807, 2.05) is 6.07 Å². The van der Waals surface area contributed by atoms with E-state index in [0.29, 0.717) is 29.1 Å². The zero-order chi connectivity index (χ0) is 18.0. The third-order valence-corrected chi connectivity index (χ3v) is 5.48. The molecule has 0 bridgehead atoms. The number of rotatable bonds is 5. The van der Waals surface area contributed by atoms with E-state index in [-0.39, 0.29) is 5.82 Å². The van der Waals surface area contributed by atoms with Crippen molar-refractivity contribution in [1.82, 2.24) is 0 Å². The van der Waals surface area contributed by atoms with Gasteiger partial charge in [-0.25, -0.2) is 4.39 Å². The maximum absolute atomic E-state index is 14.6. The van der Waals surface area contributed by atoms with Crippen molar-refractivity contribution in [2.75, 3.05) is 7.11 Å². The SMILES string of the molecule is COc1ccc(F)c(-c2ccc(CC(C)C)cc2[C@H]2CCC[C@@H]2C)c1. The fourth-order valence-corrected chi connectivity index (χ4v) is 4.21. The molecule has 3 rings (SSSR count). The molecular formula is C23H29FO. The van der Waals surface area contributed by atoms with E-state index in [9.17, 15) is 4.39 Å². The van der Waals surface area contributed by atoms with Gasteiger partial charge in [0.25, 0.3) is 0 Å². The maximum atomic E-state index is 14.6. The van der Waals surface area contributed by atoms with E-state index in [1.54, 1.807) is 13.2 Å². The Labute approximate surface area is 151 Å². The van der Waals surface area contributed by atoms with Crippen LogP contribution in [0.15, 0.2) is 36.4 Å². The summed E-state index contributed by atoms with van der Waals surface area (Å²) < 4.78 is 19.9. The van der Waals surface area contributed by atoms with Gasteiger partial charge < -0.3 is 4.74 Å². The maximum Gasteiger partial charge on any atom is 0.131 e. The molecule has 0 N–H and O–H groups in total. The Kier molecular flexibility index (Phi) is 5.46. The predicted octanol–water partition coefficient (Wildman–Crippen LogP) is 6.60. The highest BCUT2D eigenvalue weighted by atomic mass is 19.1. The number of benzene rings is 2. The summed E-state index contributed by atoms with van der Waals surface area (Å²) in [6.45, 7) is 6.82. The van der Waals surface area contributed by atoms with Crippen molar-refractivity contribution < 1.29 is 9.13 Å². The van der Waals surface area contributed by atoms with E-state index < -0.39 is 0 Å². The van der Waals surface area contributed by atoms with Crippen LogP contribution in [0.2, 0.25) is 0 Å². The summed E-state index contributed by atoms with van der Waals surface area (Å²) in [5.74, 6) is 2.32. The molecule has 0 heterocycles. The second-order valence-electron chi connectivity index (χ2n) is 7.88.